The molecule has 8 heteroatoms. The molecule has 2 aromatic carbocycles. The molecule has 0 bridgehead atoms. The number of benzene rings is 2. The quantitative estimate of drug-likeness (QED) is 0.591. The number of carbonyl (C=O) groups excluding carboxylic acids is 2. The summed E-state index contributed by atoms with van der Waals surface area (Å²) in [6.45, 7) is 1.63. The van der Waals surface area contributed by atoms with E-state index < -0.39 is 0 Å². The first-order chi connectivity index (χ1) is 13.1. The van der Waals surface area contributed by atoms with Crippen molar-refractivity contribution >= 4 is 39.8 Å². The van der Waals surface area contributed by atoms with Gasteiger partial charge in [-0.2, -0.15) is 0 Å². The van der Waals surface area contributed by atoms with Gasteiger partial charge < -0.3 is 4.74 Å². The third-order valence-corrected chi connectivity index (χ3v) is 4.84. The molecular formula is C19H16ClN3O3S. The lowest BCUT2D eigenvalue weighted by Gasteiger charge is -2.06. The summed E-state index contributed by atoms with van der Waals surface area (Å²) in [5.41, 5.74) is 1.38. The Labute approximate surface area is 165 Å². The van der Waals surface area contributed by atoms with E-state index in [1.807, 2.05) is 25.1 Å². The van der Waals surface area contributed by atoms with Crippen LogP contribution in [0, 0.1) is 0 Å². The fourth-order valence-electron chi connectivity index (χ4n) is 2.26. The summed E-state index contributed by atoms with van der Waals surface area (Å²) in [5.74, 6) is 0.210. The van der Waals surface area contributed by atoms with Gasteiger partial charge in [-0.25, -0.2) is 0 Å². The van der Waals surface area contributed by atoms with Gasteiger partial charge >= 0.3 is 0 Å². The maximum atomic E-state index is 12.0. The molecule has 0 saturated heterocycles. The summed E-state index contributed by atoms with van der Waals surface area (Å²) in [5, 5.41) is 12.2. The van der Waals surface area contributed by atoms with Crippen LogP contribution in [-0.4, -0.2) is 28.5 Å². The molecular weight excluding hydrogens is 386 g/mol. The third kappa shape index (κ3) is 4.90. The Morgan fingerprint density at radius 1 is 1.11 bits per heavy atom. The molecule has 0 atom stereocenters. The molecule has 0 unspecified atom stereocenters. The van der Waals surface area contributed by atoms with Crippen LogP contribution < -0.4 is 10.1 Å². The number of aromatic nitrogens is 2. The first kappa shape index (κ1) is 19.0. The summed E-state index contributed by atoms with van der Waals surface area (Å²) < 4.78 is 5.43. The minimum absolute atomic E-state index is 0.0601. The lowest BCUT2D eigenvalue weighted by Crippen LogP contribution is -2.20. The number of rotatable bonds is 7. The van der Waals surface area contributed by atoms with Crippen molar-refractivity contribution in [3.05, 3.63) is 59.1 Å². The van der Waals surface area contributed by atoms with Crippen LogP contribution in [-0.2, 0) is 4.79 Å². The van der Waals surface area contributed by atoms with E-state index in [2.05, 4.69) is 15.5 Å². The smallest absolute Gasteiger partial charge is 0.264 e. The second-order valence-corrected chi connectivity index (χ2v) is 6.91. The molecule has 1 amide bonds. The minimum Gasteiger partial charge on any atom is -0.484 e. The van der Waals surface area contributed by atoms with Gasteiger partial charge in [-0.1, -0.05) is 48.1 Å². The number of nitrogens with zero attached hydrogens (tertiary/aromatic N) is 2. The van der Waals surface area contributed by atoms with Gasteiger partial charge in [0.25, 0.3) is 5.91 Å². The summed E-state index contributed by atoms with van der Waals surface area (Å²) >= 11 is 7.37. The van der Waals surface area contributed by atoms with Gasteiger partial charge in [-0.15, -0.1) is 10.2 Å². The number of Topliss-reactive ketones (excluding diaryl/α,β-unsaturated/α-hetero) is 1. The van der Waals surface area contributed by atoms with Gasteiger partial charge in [0.15, 0.2) is 17.4 Å². The topological polar surface area (TPSA) is 81.2 Å². The van der Waals surface area contributed by atoms with Gasteiger partial charge in [0.2, 0.25) is 5.13 Å². The summed E-state index contributed by atoms with van der Waals surface area (Å²) in [6, 6.07) is 14.0. The minimum atomic E-state index is -0.356. The monoisotopic (exact) mass is 401 g/mol. The maximum absolute atomic E-state index is 12.0. The molecule has 1 N–H and O–H groups in total. The average Bonchev–Trinajstić information content (AvgIpc) is 3.14. The lowest BCUT2D eigenvalue weighted by molar-refractivity contribution is -0.118. The van der Waals surface area contributed by atoms with Crippen molar-refractivity contribution in [1.29, 1.82) is 0 Å². The van der Waals surface area contributed by atoms with Crippen LogP contribution in [0.3, 0.4) is 0 Å². The van der Waals surface area contributed by atoms with Crippen molar-refractivity contribution in [3.63, 3.8) is 0 Å². The van der Waals surface area contributed by atoms with Crippen molar-refractivity contribution in [3.8, 4) is 16.3 Å². The molecule has 27 heavy (non-hydrogen) atoms. The molecule has 0 radical (unpaired) electrons. The van der Waals surface area contributed by atoms with Crippen molar-refractivity contribution in [2.24, 2.45) is 0 Å². The highest BCUT2D eigenvalue weighted by Gasteiger charge is 2.12. The van der Waals surface area contributed by atoms with Crippen molar-refractivity contribution in [1.82, 2.24) is 10.2 Å². The Hall–Kier alpha value is -2.77. The largest absolute Gasteiger partial charge is 0.484 e. The lowest BCUT2D eigenvalue weighted by atomic mass is 10.1. The molecule has 0 aliphatic carbocycles. The van der Waals surface area contributed by atoms with Gasteiger partial charge in [0.05, 0.1) is 5.02 Å². The molecule has 3 aromatic rings. The average molecular weight is 402 g/mol. The van der Waals surface area contributed by atoms with Gasteiger partial charge in [-0.3, -0.25) is 14.9 Å². The van der Waals surface area contributed by atoms with E-state index in [0.717, 1.165) is 5.56 Å². The van der Waals surface area contributed by atoms with E-state index in [-0.39, 0.29) is 18.3 Å². The van der Waals surface area contributed by atoms with Crippen LogP contribution in [0.4, 0.5) is 5.13 Å². The van der Waals surface area contributed by atoms with Gasteiger partial charge in [-0.05, 0) is 30.3 Å². The molecule has 0 saturated carbocycles. The van der Waals surface area contributed by atoms with Crippen LogP contribution >= 0.6 is 22.9 Å². The van der Waals surface area contributed by atoms with Crippen molar-refractivity contribution < 1.29 is 14.3 Å². The zero-order valence-electron chi connectivity index (χ0n) is 14.4. The zero-order valence-corrected chi connectivity index (χ0v) is 16.0. The van der Waals surface area contributed by atoms with Crippen molar-refractivity contribution in [2.75, 3.05) is 11.9 Å². The fraction of sp³-hybridized carbons (Fsp3) is 0.158. The third-order valence-electron chi connectivity index (χ3n) is 3.64. The Morgan fingerprint density at radius 3 is 2.56 bits per heavy atom. The number of carbonyl (C=O) groups is 2. The second kappa shape index (κ2) is 8.75. The highest BCUT2D eigenvalue weighted by Crippen LogP contribution is 2.31. The summed E-state index contributed by atoms with van der Waals surface area (Å²) in [4.78, 5) is 23.6. The van der Waals surface area contributed by atoms with Crippen LogP contribution in [0.15, 0.2) is 48.5 Å². The van der Waals surface area contributed by atoms with Crippen LogP contribution in [0.2, 0.25) is 5.02 Å². The molecule has 6 nitrogen and oxygen atoms in total. The highest BCUT2D eigenvalue weighted by atomic mass is 35.5. The first-order valence-electron chi connectivity index (χ1n) is 8.21. The fourth-order valence-corrected chi connectivity index (χ4v) is 3.34. The van der Waals surface area contributed by atoms with E-state index in [0.29, 0.717) is 32.9 Å². The zero-order chi connectivity index (χ0) is 19.2. The SMILES string of the molecule is CCC(=O)c1ccc(OCC(=O)Nc2nnc(-c3ccccc3Cl)s2)cc1. The van der Waals surface area contributed by atoms with Gasteiger partial charge in [0, 0.05) is 17.5 Å². The standard InChI is InChI=1S/C19H16ClN3O3S/c1-2-16(24)12-7-9-13(10-8-12)26-11-17(25)21-19-23-22-18(27-19)14-5-3-4-6-15(14)20/h3-10H,2,11H2,1H3,(H,21,23,25). The molecule has 0 aliphatic rings. The summed E-state index contributed by atoms with van der Waals surface area (Å²) in [7, 11) is 0. The second-order valence-electron chi connectivity index (χ2n) is 5.53. The first-order valence-corrected chi connectivity index (χ1v) is 9.40. The number of nitrogens with one attached hydrogen (secondary N) is 1. The van der Waals surface area contributed by atoms with Crippen molar-refractivity contribution in [2.45, 2.75) is 13.3 Å². The molecule has 138 valence electrons. The van der Waals surface area contributed by atoms with E-state index in [1.54, 1.807) is 30.3 Å². The Balaban J connectivity index is 1.56. The number of halogens is 1. The Morgan fingerprint density at radius 2 is 1.85 bits per heavy atom. The molecule has 0 spiro atoms. The highest BCUT2D eigenvalue weighted by molar-refractivity contribution is 7.18. The van der Waals surface area contributed by atoms with Crippen LogP contribution in [0.5, 0.6) is 5.75 Å². The summed E-state index contributed by atoms with van der Waals surface area (Å²) in [6.07, 6.45) is 0.445. The van der Waals surface area contributed by atoms with Crippen LogP contribution in [0.25, 0.3) is 10.6 Å². The number of ketones is 1. The predicted molar refractivity (Wildman–Crippen MR) is 106 cm³/mol. The van der Waals surface area contributed by atoms with Crippen LogP contribution in [0.1, 0.15) is 23.7 Å². The Bertz CT molecular complexity index is 957. The molecule has 0 fully saturated rings. The predicted octanol–water partition coefficient (Wildman–Crippen LogP) is 4.47. The van der Waals surface area contributed by atoms with Gasteiger partial charge in [0.1, 0.15) is 5.75 Å². The molecule has 3 rings (SSSR count). The van der Waals surface area contributed by atoms with E-state index >= 15 is 0 Å². The van der Waals surface area contributed by atoms with E-state index in [4.69, 9.17) is 16.3 Å². The Kier molecular flexibility index (Phi) is 6.16. The number of amides is 1. The van der Waals surface area contributed by atoms with E-state index in [1.165, 1.54) is 11.3 Å². The molecule has 1 heterocycles. The molecule has 0 aliphatic heterocycles. The maximum Gasteiger partial charge on any atom is 0.264 e. The number of anilines is 1. The number of hydrogen-bond donors (Lipinski definition) is 1. The normalized spacial score (nSPS) is 10.4. The number of ether oxygens (including phenoxy) is 1. The van der Waals surface area contributed by atoms with E-state index in [9.17, 15) is 9.59 Å². The molecule has 1 aromatic heterocycles. The number of hydrogen-bond acceptors (Lipinski definition) is 6.